The molecule has 84 valence electrons. The second-order valence-electron chi connectivity index (χ2n) is 3.01. The maximum absolute atomic E-state index is 11.3. The van der Waals surface area contributed by atoms with E-state index in [1.807, 2.05) is 22.6 Å². The predicted molar refractivity (Wildman–Crippen MR) is 69.7 cm³/mol. The first-order chi connectivity index (χ1) is 8.12. The third-order valence-corrected chi connectivity index (χ3v) is 2.84. The molecule has 4 nitrogen and oxygen atoms in total. The number of carbonyl (C=O) groups excluding carboxylic acids is 1. The number of allylic oxidation sites excluding steroid dienone is 1. The molecule has 0 saturated carbocycles. The summed E-state index contributed by atoms with van der Waals surface area (Å²) < 4.78 is 5.32. The fourth-order valence-electron chi connectivity index (χ4n) is 1.15. The summed E-state index contributed by atoms with van der Waals surface area (Å²) in [5, 5.41) is 17.2. The van der Waals surface area contributed by atoms with Crippen LogP contribution in [0, 0.1) is 26.2 Å². The van der Waals surface area contributed by atoms with Crippen molar-refractivity contribution in [3.8, 4) is 12.1 Å². The van der Waals surface area contributed by atoms with E-state index in [2.05, 4.69) is 4.74 Å². The van der Waals surface area contributed by atoms with E-state index < -0.39 is 5.97 Å². The number of hydrogen-bond donors (Lipinski definition) is 0. The molecule has 0 aromatic heterocycles. The number of ether oxygens (including phenoxy) is 1. The summed E-state index contributed by atoms with van der Waals surface area (Å²) in [4.78, 5) is 11.3. The number of nitriles is 2. The van der Waals surface area contributed by atoms with Gasteiger partial charge in [-0.05, 0) is 46.4 Å². The van der Waals surface area contributed by atoms with Gasteiger partial charge in [-0.15, -0.1) is 0 Å². The summed E-state index contributed by atoms with van der Waals surface area (Å²) in [7, 11) is 1.32. The van der Waals surface area contributed by atoms with Gasteiger partial charge in [-0.1, -0.05) is 6.07 Å². The minimum Gasteiger partial charge on any atom is -0.465 e. The van der Waals surface area contributed by atoms with E-state index in [0.717, 1.165) is 0 Å². The summed E-state index contributed by atoms with van der Waals surface area (Å²) in [6.45, 7) is 0. The Labute approximate surface area is 112 Å². The SMILES string of the molecule is COC(=O)c1ccc(C=C(C#N)C#N)cc1I. The van der Waals surface area contributed by atoms with Crippen LogP contribution in [-0.4, -0.2) is 13.1 Å². The Morgan fingerprint density at radius 3 is 2.53 bits per heavy atom. The molecule has 0 atom stereocenters. The summed E-state index contributed by atoms with van der Waals surface area (Å²) >= 11 is 2.00. The van der Waals surface area contributed by atoms with Crippen LogP contribution in [0.25, 0.3) is 6.08 Å². The standard InChI is InChI=1S/C12H7IN2O2/c1-17-12(16)10-3-2-8(5-11(10)13)4-9(6-14)7-15/h2-5H,1H3. The first kappa shape index (κ1) is 13.2. The predicted octanol–water partition coefficient (Wildman–Crippen LogP) is 2.51. The third kappa shape index (κ3) is 3.30. The quantitative estimate of drug-likeness (QED) is 0.472. The lowest BCUT2D eigenvalue weighted by Crippen LogP contribution is -2.03. The molecule has 0 heterocycles. The first-order valence-corrected chi connectivity index (χ1v) is 5.60. The Morgan fingerprint density at radius 2 is 2.06 bits per heavy atom. The van der Waals surface area contributed by atoms with Crippen molar-refractivity contribution in [2.75, 3.05) is 7.11 Å². The van der Waals surface area contributed by atoms with Crippen molar-refractivity contribution in [1.82, 2.24) is 0 Å². The molecule has 0 unspecified atom stereocenters. The lowest BCUT2D eigenvalue weighted by Gasteiger charge is -2.03. The van der Waals surface area contributed by atoms with Crippen molar-refractivity contribution in [3.63, 3.8) is 0 Å². The molecule has 0 bridgehead atoms. The molecular weight excluding hydrogens is 331 g/mol. The lowest BCUT2D eigenvalue weighted by molar-refractivity contribution is 0.0599. The van der Waals surface area contributed by atoms with Crippen LogP contribution in [-0.2, 0) is 4.74 Å². The molecule has 0 saturated heterocycles. The van der Waals surface area contributed by atoms with Crippen LogP contribution in [0.15, 0.2) is 23.8 Å². The topological polar surface area (TPSA) is 73.9 Å². The molecule has 0 fully saturated rings. The summed E-state index contributed by atoms with van der Waals surface area (Å²) in [5.41, 5.74) is 1.17. The fraction of sp³-hybridized carbons (Fsp3) is 0.0833. The highest BCUT2D eigenvalue weighted by atomic mass is 127. The van der Waals surface area contributed by atoms with E-state index in [9.17, 15) is 4.79 Å². The Kier molecular flexibility index (Phi) is 4.68. The summed E-state index contributed by atoms with van der Waals surface area (Å²) in [5.74, 6) is -0.411. The van der Waals surface area contributed by atoms with Gasteiger partial charge in [0.25, 0.3) is 0 Å². The zero-order valence-corrected chi connectivity index (χ0v) is 11.1. The van der Waals surface area contributed by atoms with Crippen LogP contribution >= 0.6 is 22.6 Å². The van der Waals surface area contributed by atoms with Crippen LogP contribution in [0.4, 0.5) is 0 Å². The van der Waals surface area contributed by atoms with E-state index in [1.165, 1.54) is 13.2 Å². The molecule has 17 heavy (non-hydrogen) atoms. The van der Waals surface area contributed by atoms with Crippen molar-refractivity contribution in [1.29, 1.82) is 10.5 Å². The number of methoxy groups -OCH3 is 1. The number of benzene rings is 1. The molecule has 0 aliphatic rings. The maximum Gasteiger partial charge on any atom is 0.338 e. The minimum absolute atomic E-state index is 0.0200. The average Bonchev–Trinajstić information content (AvgIpc) is 2.35. The van der Waals surface area contributed by atoms with Gasteiger partial charge in [0.15, 0.2) is 0 Å². The zero-order chi connectivity index (χ0) is 12.8. The van der Waals surface area contributed by atoms with Crippen LogP contribution < -0.4 is 0 Å². The summed E-state index contributed by atoms with van der Waals surface area (Å²) in [6, 6.07) is 8.52. The highest BCUT2D eigenvalue weighted by Gasteiger charge is 2.09. The van der Waals surface area contributed by atoms with Gasteiger partial charge in [0.1, 0.15) is 17.7 Å². The third-order valence-electron chi connectivity index (χ3n) is 1.95. The van der Waals surface area contributed by atoms with Crippen molar-refractivity contribution < 1.29 is 9.53 Å². The van der Waals surface area contributed by atoms with E-state index in [-0.39, 0.29) is 5.57 Å². The number of carbonyl (C=O) groups is 1. The second kappa shape index (κ2) is 6.02. The molecule has 0 aliphatic heterocycles. The number of hydrogen-bond acceptors (Lipinski definition) is 4. The van der Waals surface area contributed by atoms with Crippen LogP contribution in [0.5, 0.6) is 0 Å². The molecule has 0 radical (unpaired) electrons. The average molecular weight is 338 g/mol. The van der Waals surface area contributed by atoms with Gasteiger partial charge in [-0.25, -0.2) is 4.79 Å². The molecule has 0 aliphatic carbocycles. The molecule has 1 aromatic rings. The Balaban J connectivity index is 3.15. The van der Waals surface area contributed by atoms with Gasteiger partial charge >= 0.3 is 5.97 Å². The van der Waals surface area contributed by atoms with Crippen molar-refractivity contribution >= 4 is 34.6 Å². The summed E-state index contributed by atoms with van der Waals surface area (Å²) in [6.07, 6.45) is 1.46. The fourth-order valence-corrected chi connectivity index (χ4v) is 1.91. The smallest absolute Gasteiger partial charge is 0.338 e. The van der Waals surface area contributed by atoms with Gasteiger partial charge in [0, 0.05) is 3.57 Å². The molecule has 0 amide bonds. The van der Waals surface area contributed by atoms with Crippen LogP contribution in [0.1, 0.15) is 15.9 Å². The van der Waals surface area contributed by atoms with Crippen LogP contribution in [0.3, 0.4) is 0 Å². The van der Waals surface area contributed by atoms with E-state index in [0.29, 0.717) is 14.7 Å². The lowest BCUT2D eigenvalue weighted by atomic mass is 10.1. The van der Waals surface area contributed by atoms with E-state index >= 15 is 0 Å². The normalized spacial score (nSPS) is 8.71. The number of esters is 1. The van der Waals surface area contributed by atoms with E-state index in [4.69, 9.17) is 10.5 Å². The highest BCUT2D eigenvalue weighted by molar-refractivity contribution is 14.1. The number of halogens is 1. The van der Waals surface area contributed by atoms with Gasteiger partial charge in [-0.2, -0.15) is 10.5 Å². The second-order valence-corrected chi connectivity index (χ2v) is 4.17. The zero-order valence-electron chi connectivity index (χ0n) is 8.90. The van der Waals surface area contributed by atoms with E-state index in [1.54, 1.807) is 30.3 Å². The van der Waals surface area contributed by atoms with Gasteiger partial charge in [0.05, 0.1) is 12.7 Å². The number of rotatable bonds is 2. The maximum atomic E-state index is 11.3. The molecule has 0 N–H and O–H groups in total. The number of nitrogens with zero attached hydrogens (tertiary/aromatic N) is 2. The van der Waals surface area contributed by atoms with Gasteiger partial charge in [-0.3, -0.25) is 0 Å². The van der Waals surface area contributed by atoms with Crippen molar-refractivity contribution in [3.05, 3.63) is 38.5 Å². The molecule has 5 heteroatoms. The molecular formula is C12H7IN2O2. The van der Waals surface area contributed by atoms with Crippen molar-refractivity contribution in [2.24, 2.45) is 0 Å². The molecule has 1 aromatic carbocycles. The molecule has 0 spiro atoms. The van der Waals surface area contributed by atoms with Crippen LogP contribution in [0.2, 0.25) is 0 Å². The van der Waals surface area contributed by atoms with Gasteiger partial charge < -0.3 is 4.74 Å². The Morgan fingerprint density at radius 1 is 1.41 bits per heavy atom. The monoisotopic (exact) mass is 338 g/mol. The Bertz CT molecular complexity index is 549. The highest BCUT2D eigenvalue weighted by Crippen LogP contribution is 2.17. The minimum atomic E-state index is -0.411. The first-order valence-electron chi connectivity index (χ1n) is 4.52. The van der Waals surface area contributed by atoms with Gasteiger partial charge in [0.2, 0.25) is 0 Å². The van der Waals surface area contributed by atoms with Crippen molar-refractivity contribution in [2.45, 2.75) is 0 Å². The largest absolute Gasteiger partial charge is 0.465 e. The Hall–Kier alpha value is -1.86. The molecule has 1 rings (SSSR count).